The molecule has 0 unspecified atom stereocenters. The van der Waals surface area contributed by atoms with Gasteiger partial charge in [-0.2, -0.15) is 0 Å². The van der Waals surface area contributed by atoms with E-state index in [2.05, 4.69) is 9.44 Å². The van der Waals surface area contributed by atoms with Gasteiger partial charge in [0.1, 0.15) is 0 Å². The fraction of sp³-hybridized carbons (Fsp3) is 0.455. The zero-order valence-electron chi connectivity index (χ0n) is 11.7. The molecule has 120 valence electrons. The summed E-state index contributed by atoms with van der Waals surface area (Å²) < 4.78 is 51.6. The van der Waals surface area contributed by atoms with Gasteiger partial charge in [0, 0.05) is 13.1 Å². The zero-order valence-corrected chi connectivity index (χ0v) is 14.1. The van der Waals surface area contributed by atoms with Crippen molar-refractivity contribution in [1.29, 1.82) is 0 Å². The lowest BCUT2D eigenvalue weighted by Crippen LogP contribution is -2.34. The Balaban J connectivity index is 2.86. The lowest BCUT2D eigenvalue weighted by molar-refractivity contribution is 0.576. The van der Waals surface area contributed by atoms with E-state index in [-0.39, 0.29) is 34.4 Å². The van der Waals surface area contributed by atoms with Gasteiger partial charge in [0.25, 0.3) is 0 Å². The minimum absolute atomic E-state index is 0.0229. The Kier molecular flexibility index (Phi) is 6.00. The van der Waals surface area contributed by atoms with E-state index < -0.39 is 20.0 Å². The summed E-state index contributed by atoms with van der Waals surface area (Å²) in [5.74, 6) is -0.345. The molecule has 0 fully saturated rings. The predicted molar refractivity (Wildman–Crippen MR) is 83.3 cm³/mol. The van der Waals surface area contributed by atoms with Crippen molar-refractivity contribution in [2.45, 2.75) is 18.7 Å². The molecule has 10 heteroatoms. The Labute approximate surface area is 130 Å². The van der Waals surface area contributed by atoms with Crippen LogP contribution in [-0.2, 0) is 20.0 Å². The number of benzene rings is 1. The first-order valence-corrected chi connectivity index (χ1v) is 9.63. The third-order valence-electron chi connectivity index (χ3n) is 2.61. The molecule has 1 rings (SSSR count). The molecule has 0 aliphatic rings. The van der Waals surface area contributed by atoms with Crippen LogP contribution in [0, 0.1) is 6.92 Å². The summed E-state index contributed by atoms with van der Waals surface area (Å²) in [5, 5.41) is 0.265. The molecule has 0 aliphatic heterocycles. The van der Waals surface area contributed by atoms with Crippen molar-refractivity contribution < 1.29 is 16.8 Å². The van der Waals surface area contributed by atoms with E-state index >= 15 is 0 Å². The van der Waals surface area contributed by atoms with E-state index in [0.29, 0.717) is 5.56 Å². The van der Waals surface area contributed by atoms with Gasteiger partial charge in [0.15, 0.2) is 0 Å². The van der Waals surface area contributed by atoms with Gasteiger partial charge in [-0.25, -0.2) is 26.3 Å². The van der Waals surface area contributed by atoms with Crippen molar-refractivity contribution in [3.63, 3.8) is 0 Å². The van der Waals surface area contributed by atoms with Gasteiger partial charge in [-0.3, -0.25) is 0 Å². The van der Waals surface area contributed by atoms with Crippen molar-refractivity contribution >= 4 is 37.3 Å². The van der Waals surface area contributed by atoms with E-state index in [9.17, 15) is 16.8 Å². The quantitative estimate of drug-likeness (QED) is 0.613. The second-order valence-electron chi connectivity index (χ2n) is 4.35. The van der Waals surface area contributed by atoms with Crippen LogP contribution in [0.25, 0.3) is 0 Å². The molecule has 1 aromatic rings. The molecule has 1 aromatic carbocycles. The number of sulfonamides is 2. The molecule has 21 heavy (non-hydrogen) atoms. The maximum Gasteiger partial charge on any atom is 0.240 e. The van der Waals surface area contributed by atoms with Crippen molar-refractivity contribution in [3.8, 4) is 0 Å². The number of halogens is 1. The molecular formula is C11H18ClN3O4S2. The fourth-order valence-corrected chi connectivity index (χ4v) is 4.23. The number of nitrogens with two attached hydrogens (primary N) is 1. The first kappa shape index (κ1) is 18.2. The summed E-state index contributed by atoms with van der Waals surface area (Å²) in [5.41, 5.74) is 6.16. The topological polar surface area (TPSA) is 118 Å². The molecule has 0 saturated heterocycles. The van der Waals surface area contributed by atoms with Gasteiger partial charge in [-0.1, -0.05) is 18.5 Å². The van der Waals surface area contributed by atoms with Crippen LogP contribution in [0.3, 0.4) is 0 Å². The minimum Gasteiger partial charge on any atom is -0.397 e. The minimum atomic E-state index is -3.85. The highest BCUT2D eigenvalue weighted by Crippen LogP contribution is 2.25. The van der Waals surface area contributed by atoms with Crippen LogP contribution < -0.4 is 15.2 Å². The third kappa shape index (κ3) is 5.11. The lowest BCUT2D eigenvalue weighted by atomic mass is 10.2. The molecular weight excluding hydrogens is 338 g/mol. The SMILES string of the molecule is CCNS(=O)(=O)CCNS(=O)(=O)c1cc(N)c(Cl)cc1C. The smallest absolute Gasteiger partial charge is 0.240 e. The lowest BCUT2D eigenvalue weighted by Gasteiger charge is -2.11. The van der Waals surface area contributed by atoms with Crippen LogP contribution in [-0.4, -0.2) is 35.7 Å². The first-order chi connectivity index (χ1) is 9.59. The number of hydrogen-bond acceptors (Lipinski definition) is 5. The molecule has 0 atom stereocenters. The van der Waals surface area contributed by atoms with E-state index in [4.69, 9.17) is 17.3 Å². The van der Waals surface area contributed by atoms with E-state index in [1.165, 1.54) is 12.1 Å². The van der Waals surface area contributed by atoms with E-state index in [1.807, 2.05) is 0 Å². The second-order valence-corrected chi connectivity index (χ2v) is 8.42. The third-order valence-corrected chi connectivity index (χ3v) is 6.01. The second kappa shape index (κ2) is 6.93. The van der Waals surface area contributed by atoms with Gasteiger partial charge in [-0.15, -0.1) is 0 Å². The molecule has 0 saturated carbocycles. The van der Waals surface area contributed by atoms with Crippen LogP contribution >= 0.6 is 11.6 Å². The fourth-order valence-electron chi connectivity index (χ4n) is 1.64. The maximum atomic E-state index is 12.1. The van der Waals surface area contributed by atoms with Crippen LogP contribution in [0.4, 0.5) is 5.69 Å². The molecule has 0 aliphatic carbocycles. The molecule has 4 N–H and O–H groups in total. The highest BCUT2D eigenvalue weighted by Gasteiger charge is 2.19. The van der Waals surface area contributed by atoms with Crippen molar-refractivity contribution in [1.82, 2.24) is 9.44 Å². The Bertz CT molecular complexity index is 717. The average molecular weight is 356 g/mol. The monoisotopic (exact) mass is 355 g/mol. The Hall–Kier alpha value is -0.870. The van der Waals surface area contributed by atoms with Crippen LogP contribution in [0.15, 0.2) is 17.0 Å². The molecule has 0 radical (unpaired) electrons. The molecule has 0 bridgehead atoms. The summed E-state index contributed by atoms with van der Waals surface area (Å²) in [6, 6.07) is 2.69. The van der Waals surface area contributed by atoms with Gasteiger partial charge in [-0.05, 0) is 24.6 Å². The zero-order chi connectivity index (χ0) is 16.3. The summed E-state index contributed by atoms with van der Waals surface area (Å²) in [6.07, 6.45) is 0. The summed E-state index contributed by atoms with van der Waals surface area (Å²) in [6.45, 7) is 3.23. The average Bonchev–Trinajstić information content (AvgIpc) is 2.32. The van der Waals surface area contributed by atoms with Gasteiger partial charge < -0.3 is 5.73 Å². The Morgan fingerprint density at radius 1 is 1.19 bits per heavy atom. The highest BCUT2D eigenvalue weighted by atomic mass is 35.5. The van der Waals surface area contributed by atoms with E-state index in [1.54, 1.807) is 13.8 Å². The van der Waals surface area contributed by atoms with E-state index in [0.717, 1.165) is 0 Å². The number of aryl methyl sites for hydroxylation is 1. The Morgan fingerprint density at radius 2 is 1.81 bits per heavy atom. The number of rotatable bonds is 7. The molecule has 0 spiro atoms. The summed E-state index contributed by atoms with van der Waals surface area (Å²) >= 11 is 5.81. The normalized spacial score (nSPS) is 12.5. The maximum absolute atomic E-state index is 12.1. The number of hydrogen-bond donors (Lipinski definition) is 3. The van der Waals surface area contributed by atoms with Crippen molar-refractivity contribution in [3.05, 3.63) is 22.7 Å². The largest absolute Gasteiger partial charge is 0.397 e. The standard InChI is InChI=1S/C11H18ClN3O4S2/c1-3-14-20(16,17)5-4-15-21(18,19)11-7-10(13)9(12)6-8(11)2/h6-7,14-15H,3-5,13H2,1-2H3. The summed E-state index contributed by atoms with van der Waals surface area (Å²) in [4.78, 5) is -0.0229. The molecule has 0 aromatic heterocycles. The number of anilines is 1. The van der Waals surface area contributed by atoms with Crippen LogP contribution in [0.2, 0.25) is 5.02 Å². The molecule has 0 amide bonds. The Morgan fingerprint density at radius 3 is 2.38 bits per heavy atom. The van der Waals surface area contributed by atoms with Gasteiger partial charge in [0.2, 0.25) is 20.0 Å². The predicted octanol–water partition coefficient (Wildman–Crippen LogP) is 0.448. The van der Waals surface area contributed by atoms with Crippen LogP contribution in [0.5, 0.6) is 0 Å². The molecule has 7 nitrogen and oxygen atoms in total. The first-order valence-electron chi connectivity index (χ1n) is 6.11. The van der Waals surface area contributed by atoms with Crippen molar-refractivity contribution in [2.75, 3.05) is 24.6 Å². The number of nitrogen functional groups attached to an aromatic ring is 1. The van der Waals surface area contributed by atoms with Gasteiger partial charge in [0.05, 0.1) is 21.4 Å². The summed E-state index contributed by atoms with van der Waals surface area (Å²) in [7, 11) is -7.33. The van der Waals surface area contributed by atoms with Crippen molar-refractivity contribution in [2.24, 2.45) is 0 Å². The number of nitrogens with one attached hydrogen (secondary N) is 2. The molecule has 0 heterocycles. The van der Waals surface area contributed by atoms with Gasteiger partial charge >= 0.3 is 0 Å². The van der Waals surface area contributed by atoms with Crippen LogP contribution in [0.1, 0.15) is 12.5 Å². The highest BCUT2D eigenvalue weighted by molar-refractivity contribution is 7.90.